The minimum Gasteiger partial charge on any atom is -0.481 e. The summed E-state index contributed by atoms with van der Waals surface area (Å²) < 4.78 is 6.86. The Hall–Kier alpha value is -1.81. The lowest BCUT2D eigenvalue weighted by Crippen LogP contribution is -2.31. The Balaban J connectivity index is 2.14. The quantitative estimate of drug-likeness (QED) is 0.603. The third-order valence-electron chi connectivity index (χ3n) is 4.46. The van der Waals surface area contributed by atoms with E-state index in [1.165, 1.54) is 5.56 Å². The molecule has 2 aromatic carbocycles. The predicted molar refractivity (Wildman–Crippen MR) is 117 cm³/mol. The molecule has 0 saturated carbocycles. The molecule has 0 fully saturated rings. The van der Waals surface area contributed by atoms with Crippen LogP contribution in [0.3, 0.4) is 0 Å². The number of nitrogens with one attached hydrogen (secondary N) is 1. The van der Waals surface area contributed by atoms with E-state index >= 15 is 0 Å². The average molecular weight is 432 g/mol. The van der Waals surface area contributed by atoms with E-state index in [0.717, 1.165) is 21.5 Å². The summed E-state index contributed by atoms with van der Waals surface area (Å²) in [4.78, 5) is 12.7. The summed E-state index contributed by atoms with van der Waals surface area (Å²) in [6.07, 6.45) is -0.609. The van der Waals surface area contributed by atoms with Gasteiger partial charge in [-0.3, -0.25) is 4.79 Å². The van der Waals surface area contributed by atoms with Crippen LogP contribution in [0.15, 0.2) is 46.9 Å². The topological polar surface area (TPSA) is 38.3 Å². The molecule has 3 nitrogen and oxygen atoms in total. The van der Waals surface area contributed by atoms with Crippen molar-refractivity contribution < 1.29 is 9.53 Å². The standard InChI is InChI=1S/C23H30BrNO2/c1-15(27-20-11-9-8-10-17(20)23(5,6)7)21(26)25-19-13-12-16(14-18(19)24)22(2,3)4/h8-15H,1-7H3,(H,25,26). The Morgan fingerprint density at radius 2 is 1.63 bits per heavy atom. The summed E-state index contributed by atoms with van der Waals surface area (Å²) in [5.74, 6) is 0.567. The first-order chi connectivity index (χ1) is 12.4. The number of anilines is 1. The number of ether oxygens (including phenoxy) is 1. The molecular formula is C23H30BrNO2. The van der Waals surface area contributed by atoms with E-state index in [1.54, 1.807) is 6.92 Å². The molecule has 0 heterocycles. The molecule has 0 aliphatic carbocycles. The molecular weight excluding hydrogens is 402 g/mol. The van der Waals surface area contributed by atoms with Crippen LogP contribution in [0, 0.1) is 0 Å². The van der Waals surface area contributed by atoms with Crippen LogP contribution in [0.5, 0.6) is 5.75 Å². The van der Waals surface area contributed by atoms with Crippen LogP contribution in [-0.2, 0) is 15.6 Å². The highest BCUT2D eigenvalue weighted by molar-refractivity contribution is 9.10. The van der Waals surface area contributed by atoms with Crippen molar-refractivity contribution in [1.29, 1.82) is 0 Å². The Morgan fingerprint density at radius 3 is 2.19 bits per heavy atom. The van der Waals surface area contributed by atoms with Gasteiger partial charge >= 0.3 is 0 Å². The minimum absolute atomic E-state index is 0.0537. The van der Waals surface area contributed by atoms with Gasteiger partial charge in [-0.1, -0.05) is 65.8 Å². The Kier molecular flexibility index (Phi) is 6.41. The molecule has 2 aromatic rings. The molecule has 2 rings (SSSR count). The number of benzene rings is 2. The van der Waals surface area contributed by atoms with Gasteiger partial charge in [-0.05, 0) is 63.0 Å². The molecule has 1 unspecified atom stereocenters. The smallest absolute Gasteiger partial charge is 0.265 e. The van der Waals surface area contributed by atoms with Gasteiger partial charge in [0.2, 0.25) is 0 Å². The van der Waals surface area contributed by atoms with Crippen molar-refractivity contribution >= 4 is 27.5 Å². The number of carbonyl (C=O) groups is 1. The molecule has 1 N–H and O–H groups in total. The van der Waals surface area contributed by atoms with Crippen molar-refractivity contribution in [2.45, 2.75) is 65.4 Å². The van der Waals surface area contributed by atoms with Crippen molar-refractivity contribution in [3.63, 3.8) is 0 Å². The molecule has 1 amide bonds. The fourth-order valence-corrected chi connectivity index (χ4v) is 3.23. The largest absolute Gasteiger partial charge is 0.481 e. The lowest BCUT2D eigenvalue weighted by atomic mass is 9.86. The molecule has 1 atom stereocenters. The highest BCUT2D eigenvalue weighted by Gasteiger charge is 2.23. The van der Waals surface area contributed by atoms with Gasteiger partial charge < -0.3 is 10.1 Å². The highest BCUT2D eigenvalue weighted by Crippen LogP contribution is 2.32. The van der Waals surface area contributed by atoms with Crippen LogP contribution in [0.2, 0.25) is 0 Å². The van der Waals surface area contributed by atoms with Crippen molar-refractivity contribution in [1.82, 2.24) is 0 Å². The monoisotopic (exact) mass is 431 g/mol. The molecule has 0 bridgehead atoms. The van der Waals surface area contributed by atoms with Crippen LogP contribution >= 0.6 is 15.9 Å². The minimum atomic E-state index is -0.609. The number of carbonyl (C=O) groups excluding carboxylic acids is 1. The summed E-state index contributed by atoms with van der Waals surface area (Å²) >= 11 is 3.57. The molecule has 146 valence electrons. The number of para-hydroxylation sites is 1. The summed E-state index contributed by atoms with van der Waals surface area (Å²) in [6, 6.07) is 13.9. The van der Waals surface area contributed by atoms with E-state index < -0.39 is 6.10 Å². The van der Waals surface area contributed by atoms with Gasteiger partial charge in [0.05, 0.1) is 5.69 Å². The molecule has 0 saturated heterocycles. The Labute approximate surface area is 171 Å². The maximum atomic E-state index is 12.7. The fourth-order valence-electron chi connectivity index (χ4n) is 2.75. The van der Waals surface area contributed by atoms with Gasteiger partial charge in [-0.15, -0.1) is 0 Å². The van der Waals surface area contributed by atoms with Gasteiger partial charge in [0, 0.05) is 4.47 Å². The van der Waals surface area contributed by atoms with Crippen LogP contribution in [-0.4, -0.2) is 12.0 Å². The second kappa shape index (κ2) is 8.05. The van der Waals surface area contributed by atoms with E-state index in [9.17, 15) is 4.79 Å². The van der Waals surface area contributed by atoms with Crippen molar-refractivity contribution in [2.24, 2.45) is 0 Å². The zero-order valence-corrected chi connectivity index (χ0v) is 18.9. The first-order valence-corrected chi connectivity index (χ1v) is 10.1. The highest BCUT2D eigenvalue weighted by atomic mass is 79.9. The van der Waals surface area contributed by atoms with Crippen molar-refractivity contribution in [3.05, 3.63) is 58.1 Å². The number of rotatable bonds is 4. The molecule has 4 heteroatoms. The maximum absolute atomic E-state index is 12.7. The third kappa shape index (κ3) is 5.58. The second-order valence-electron chi connectivity index (χ2n) is 8.94. The summed E-state index contributed by atoms with van der Waals surface area (Å²) in [6.45, 7) is 14.7. The number of amides is 1. The van der Waals surface area contributed by atoms with E-state index in [2.05, 4.69) is 68.9 Å². The van der Waals surface area contributed by atoms with Crippen molar-refractivity contribution in [2.75, 3.05) is 5.32 Å². The Bertz CT molecular complexity index is 816. The van der Waals surface area contributed by atoms with Crippen molar-refractivity contribution in [3.8, 4) is 5.75 Å². The van der Waals surface area contributed by atoms with E-state index in [4.69, 9.17) is 4.74 Å². The zero-order chi connectivity index (χ0) is 20.4. The van der Waals surface area contributed by atoms with Gasteiger partial charge in [0.15, 0.2) is 6.10 Å². The third-order valence-corrected chi connectivity index (χ3v) is 5.12. The number of halogens is 1. The maximum Gasteiger partial charge on any atom is 0.265 e. The first kappa shape index (κ1) is 21.5. The number of hydrogen-bond donors (Lipinski definition) is 1. The predicted octanol–water partition coefficient (Wildman–Crippen LogP) is 6.45. The molecule has 0 aliphatic rings. The summed E-state index contributed by atoms with van der Waals surface area (Å²) in [5, 5.41) is 2.96. The average Bonchev–Trinajstić information content (AvgIpc) is 2.55. The normalized spacial score (nSPS) is 13.2. The Morgan fingerprint density at radius 1 is 1.00 bits per heavy atom. The first-order valence-electron chi connectivity index (χ1n) is 9.26. The SMILES string of the molecule is CC(Oc1ccccc1C(C)(C)C)C(=O)Nc1ccc(C(C)(C)C)cc1Br. The fraction of sp³-hybridized carbons (Fsp3) is 0.435. The van der Waals surface area contributed by atoms with Crippen LogP contribution < -0.4 is 10.1 Å². The summed E-state index contributed by atoms with van der Waals surface area (Å²) in [5.41, 5.74) is 3.03. The molecule has 0 aliphatic heterocycles. The van der Waals surface area contributed by atoms with Gasteiger partial charge in [0.1, 0.15) is 5.75 Å². The van der Waals surface area contributed by atoms with Crippen LogP contribution in [0.4, 0.5) is 5.69 Å². The molecule has 27 heavy (non-hydrogen) atoms. The lowest BCUT2D eigenvalue weighted by molar-refractivity contribution is -0.122. The van der Waals surface area contributed by atoms with Crippen LogP contribution in [0.1, 0.15) is 59.6 Å². The second-order valence-corrected chi connectivity index (χ2v) is 9.79. The van der Waals surface area contributed by atoms with E-state index in [-0.39, 0.29) is 16.7 Å². The van der Waals surface area contributed by atoms with E-state index in [1.807, 2.05) is 36.4 Å². The van der Waals surface area contributed by atoms with E-state index in [0.29, 0.717) is 0 Å². The molecule has 0 radical (unpaired) electrons. The van der Waals surface area contributed by atoms with Crippen LogP contribution in [0.25, 0.3) is 0 Å². The zero-order valence-electron chi connectivity index (χ0n) is 17.3. The lowest BCUT2D eigenvalue weighted by Gasteiger charge is -2.25. The van der Waals surface area contributed by atoms with Gasteiger partial charge in [-0.25, -0.2) is 0 Å². The van der Waals surface area contributed by atoms with Gasteiger partial charge in [0.25, 0.3) is 5.91 Å². The summed E-state index contributed by atoms with van der Waals surface area (Å²) in [7, 11) is 0. The van der Waals surface area contributed by atoms with Gasteiger partial charge in [-0.2, -0.15) is 0 Å². The molecule has 0 spiro atoms. The number of hydrogen-bond acceptors (Lipinski definition) is 2. The molecule has 0 aromatic heterocycles.